The van der Waals surface area contributed by atoms with Crippen LogP contribution in [0.15, 0.2) is 0 Å². The van der Waals surface area contributed by atoms with Gasteiger partial charge in [-0.15, -0.1) is 0 Å². The Bertz CT molecular complexity index is 327. The molecule has 0 fully saturated rings. The van der Waals surface area contributed by atoms with Gasteiger partial charge in [0.2, 0.25) is 0 Å². The van der Waals surface area contributed by atoms with Crippen LogP contribution in [0.25, 0.3) is 0 Å². The summed E-state index contributed by atoms with van der Waals surface area (Å²) in [5.74, 6) is 0. The maximum atomic E-state index is 2.35. The van der Waals surface area contributed by atoms with Crippen LogP contribution in [-0.2, 0) is 25.7 Å². The van der Waals surface area contributed by atoms with Gasteiger partial charge in [-0.05, 0) is 85.8 Å². The zero-order valence-electron chi connectivity index (χ0n) is 9.24. The fraction of sp³-hybridized carbons (Fsp3) is 0.571. The molecular formula is C14H18. The number of rotatable bonds is 0. The summed E-state index contributed by atoms with van der Waals surface area (Å²) >= 11 is 0. The molecule has 1 aromatic rings. The van der Waals surface area contributed by atoms with E-state index in [1.165, 1.54) is 38.5 Å². The van der Waals surface area contributed by atoms with Crippen molar-refractivity contribution < 1.29 is 0 Å². The van der Waals surface area contributed by atoms with Gasteiger partial charge in [-0.1, -0.05) is 0 Å². The second-order valence-corrected chi connectivity index (χ2v) is 4.87. The first-order valence-electron chi connectivity index (χ1n) is 5.91. The average Bonchev–Trinajstić information content (AvgIpc) is 2.82. The first kappa shape index (κ1) is 8.52. The molecule has 14 heavy (non-hydrogen) atoms. The summed E-state index contributed by atoms with van der Waals surface area (Å²) in [7, 11) is 0. The third kappa shape index (κ3) is 0.945. The SMILES string of the molecule is Cc1c2c(c(C)c3c1CCC3)CCC2. The summed E-state index contributed by atoms with van der Waals surface area (Å²) in [6.07, 6.45) is 8.15. The second-order valence-electron chi connectivity index (χ2n) is 4.87. The average molecular weight is 186 g/mol. The highest BCUT2D eigenvalue weighted by atomic mass is 14.3. The van der Waals surface area contributed by atoms with Gasteiger partial charge in [0.05, 0.1) is 0 Å². The second kappa shape index (κ2) is 2.85. The zero-order valence-corrected chi connectivity index (χ0v) is 9.24. The van der Waals surface area contributed by atoms with Crippen LogP contribution in [0.3, 0.4) is 0 Å². The first-order chi connectivity index (χ1) is 6.79. The molecule has 0 spiro atoms. The minimum absolute atomic E-state index is 1.34. The van der Waals surface area contributed by atoms with E-state index in [0.717, 1.165) is 0 Å². The van der Waals surface area contributed by atoms with Crippen molar-refractivity contribution in [1.82, 2.24) is 0 Å². The Labute approximate surface area is 86.3 Å². The molecule has 0 atom stereocenters. The van der Waals surface area contributed by atoms with Gasteiger partial charge in [0.25, 0.3) is 0 Å². The monoisotopic (exact) mass is 186 g/mol. The zero-order chi connectivity index (χ0) is 9.71. The largest absolute Gasteiger partial charge is 0.0451 e. The Balaban J connectivity index is 2.33. The van der Waals surface area contributed by atoms with E-state index in [4.69, 9.17) is 0 Å². The van der Waals surface area contributed by atoms with Gasteiger partial charge in [0, 0.05) is 0 Å². The highest BCUT2D eigenvalue weighted by Gasteiger charge is 2.24. The fourth-order valence-corrected chi connectivity index (χ4v) is 3.51. The predicted octanol–water partition coefficient (Wildman–Crippen LogP) is 3.28. The quantitative estimate of drug-likeness (QED) is 0.583. The molecule has 0 amide bonds. The van der Waals surface area contributed by atoms with Crippen LogP contribution in [0.2, 0.25) is 0 Å². The van der Waals surface area contributed by atoms with Crippen LogP contribution in [0.4, 0.5) is 0 Å². The molecule has 3 rings (SSSR count). The summed E-state index contributed by atoms with van der Waals surface area (Å²) in [4.78, 5) is 0. The lowest BCUT2D eigenvalue weighted by molar-refractivity contribution is 0.889. The van der Waals surface area contributed by atoms with Gasteiger partial charge in [0.15, 0.2) is 0 Å². The lowest BCUT2D eigenvalue weighted by Gasteiger charge is -2.15. The molecule has 0 saturated heterocycles. The molecule has 74 valence electrons. The molecule has 0 N–H and O–H groups in total. The van der Waals surface area contributed by atoms with Crippen LogP contribution in [-0.4, -0.2) is 0 Å². The van der Waals surface area contributed by atoms with E-state index in [9.17, 15) is 0 Å². The Morgan fingerprint density at radius 2 is 0.857 bits per heavy atom. The topological polar surface area (TPSA) is 0 Å². The van der Waals surface area contributed by atoms with Crippen LogP contribution >= 0.6 is 0 Å². The molecule has 0 bridgehead atoms. The smallest absolute Gasteiger partial charge is 0.0270 e. The van der Waals surface area contributed by atoms with Gasteiger partial charge in [-0.3, -0.25) is 0 Å². The summed E-state index contributed by atoms with van der Waals surface area (Å²) in [6, 6.07) is 0. The van der Waals surface area contributed by atoms with Crippen molar-refractivity contribution in [2.45, 2.75) is 52.4 Å². The van der Waals surface area contributed by atoms with Crippen molar-refractivity contribution in [3.8, 4) is 0 Å². The molecule has 0 aliphatic heterocycles. The van der Waals surface area contributed by atoms with Gasteiger partial charge < -0.3 is 0 Å². The van der Waals surface area contributed by atoms with Crippen LogP contribution < -0.4 is 0 Å². The summed E-state index contributed by atoms with van der Waals surface area (Å²) in [6.45, 7) is 4.71. The van der Waals surface area contributed by atoms with Crippen molar-refractivity contribution in [2.24, 2.45) is 0 Å². The molecule has 0 saturated carbocycles. The van der Waals surface area contributed by atoms with Gasteiger partial charge >= 0.3 is 0 Å². The Morgan fingerprint density at radius 1 is 0.571 bits per heavy atom. The van der Waals surface area contributed by atoms with E-state index in [1.807, 2.05) is 0 Å². The van der Waals surface area contributed by atoms with Crippen LogP contribution in [0, 0.1) is 13.8 Å². The fourth-order valence-electron chi connectivity index (χ4n) is 3.51. The Kier molecular flexibility index (Phi) is 1.74. The van der Waals surface area contributed by atoms with E-state index >= 15 is 0 Å². The van der Waals surface area contributed by atoms with Crippen molar-refractivity contribution in [1.29, 1.82) is 0 Å². The van der Waals surface area contributed by atoms with Gasteiger partial charge in [0.1, 0.15) is 0 Å². The molecule has 0 radical (unpaired) electrons. The molecular weight excluding hydrogens is 168 g/mol. The van der Waals surface area contributed by atoms with Crippen molar-refractivity contribution in [3.05, 3.63) is 33.4 Å². The molecule has 0 aromatic heterocycles. The minimum atomic E-state index is 1.34. The summed E-state index contributed by atoms with van der Waals surface area (Å²) < 4.78 is 0. The summed E-state index contributed by atoms with van der Waals surface area (Å²) in [5, 5.41) is 0. The molecule has 0 unspecified atom stereocenters. The maximum Gasteiger partial charge on any atom is -0.0270 e. The lowest BCUT2D eigenvalue weighted by Crippen LogP contribution is -2.00. The maximum absolute atomic E-state index is 2.35. The molecule has 0 nitrogen and oxygen atoms in total. The van der Waals surface area contributed by atoms with Gasteiger partial charge in [-0.2, -0.15) is 0 Å². The normalized spacial score (nSPS) is 18.4. The summed E-state index contributed by atoms with van der Waals surface area (Å²) in [5.41, 5.74) is 10.1. The highest BCUT2D eigenvalue weighted by Crippen LogP contribution is 2.37. The third-order valence-corrected chi connectivity index (χ3v) is 4.25. The standard InChI is InChI=1S/C14H18/c1-9-11-5-3-7-13(11)10(2)14-8-4-6-12(9)14/h3-8H2,1-2H3. The lowest BCUT2D eigenvalue weighted by atomic mass is 9.90. The van der Waals surface area contributed by atoms with Crippen molar-refractivity contribution in [3.63, 3.8) is 0 Å². The molecule has 2 aliphatic carbocycles. The van der Waals surface area contributed by atoms with E-state index in [2.05, 4.69) is 13.8 Å². The van der Waals surface area contributed by atoms with Crippen LogP contribution in [0.1, 0.15) is 46.2 Å². The van der Waals surface area contributed by atoms with Crippen molar-refractivity contribution in [2.75, 3.05) is 0 Å². The number of hydrogen-bond acceptors (Lipinski definition) is 0. The third-order valence-electron chi connectivity index (χ3n) is 4.25. The van der Waals surface area contributed by atoms with E-state index in [-0.39, 0.29) is 0 Å². The number of hydrogen-bond donors (Lipinski definition) is 0. The van der Waals surface area contributed by atoms with E-state index in [1.54, 1.807) is 33.4 Å². The number of fused-ring (bicyclic) bond motifs is 2. The molecule has 2 aliphatic rings. The van der Waals surface area contributed by atoms with Crippen molar-refractivity contribution >= 4 is 0 Å². The Hall–Kier alpha value is -0.780. The number of benzene rings is 1. The molecule has 0 heterocycles. The predicted molar refractivity (Wildman–Crippen MR) is 60.0 cm³/mol. The van der Waals surface area contributed by atoms with Crippen LogP contribution in [0.5, 0.6) is 0 Å². The molecule has 1 aromatic carbocycles. The molecule has 0 heteroatoms. The van der Waals surface area contributed by atoms with Gasteiger partial charge in [-0.25, -0.2) is 0 Å². The van der Waals surface area contributed by atoms with E-state index in [0.29, 0.717) is 0 Å². The Morgan fingerprint density at radius 3 is 1.14 bits per heavy atom. The highest BCUT2D eigenvalue weighted by molar-refractivity contribution is 5.54. The van der Waals surface area contributed by atoms with E-state index < -0.39 is 0 Å². The minimum Gasteiger partial charge on any atom is -0.0451 e. The first-order valence-corrected chi connectivity index (χ1v) is 5.91.